The van der Waals surface area contributed by atoms with Crippen LogP contribution in [0.5, 0.6) is 0 Å². The molecule has 1 saturated heterocycles. The number of nitrogens with zero attached hydrogens (tertiary/aromatic N) is 1. The maximum absolute atomic E-state index is 12.5. The first kappa shape index (κ1) is 14.1. The average Bonchev–Trinajstić information content (AvgIpc) is 2.38. The van der Waals surface area contributed by atoms with Gasteiger partial charge in [-0.2, -0.15) is 0 Å². The van der Waals surface area contributed by atoms with E-state index in [9.17, 15) is 9.59 Å². The zero-order valence-corrected chi connectivity index (χ0v) is 12.4. The van der Waals surface area contributed by atoms with Crippen molar-refractivity contribution in [2.45, 2.75) is 25.8 Å². The van der Waals surface area contributed by atoms with Gasteiger partial charge in [-0.1, -0.05) is 22.0 Å². The van der Waals surface area contributed by atoms with Gasteiger partial charge in [0.05, 0.1) is 5.92 Å². The fourth-order valence-corrected chi connectivity index (χ4v) is 2.81. The quantitative estimate of drug-likeness (QED) is 0.906. The van der Waals surface area contributed by atoms with Gasteiger partial charge >= 0.3 is 0 Å². The molecule has 0 radical (unpaired) electrons. The van der Waals surface area contributed by atoms with E-state index in [2.05, 4.69) is 15.9 Å². The van der Waals surface area contributed by atoms with Crippen molar-refractivity contribution in [1.29, 1.82) is 0 Å². The molecule has 1 aromatic rings. The number of piperidine rings is 1. The van der Waals surface area contributed by atoms with Crippen LogP contribution in [0.15, 0.2) is 28.7 Å². The smallest absolute Gasteiger partial charge is 0.254 e. The lowest BCUT2D eigenvalue weighted by Crippen LogP contribution is -2.48. The molecular weight excluding hydrogens is 308 g/mol. The first-order chi connectivity index (χ1) is 8.99. The molecule has 2 atom stereocenters. The lowest BCUT2D eigenvalue weighted by molar-refractivity contribution is -0.123. The number of hydrogen-bond donors (Lipinski definition) is 1. The summed E-state index contributed by atoms with van der Waals surface area (Å²) in [6, 6.07) is 7.43. The lowest BCUT2D eigenvalue weighted by Gasteiger charge is -2.37. The van der Waals surface area contributed by atoms with E-state index in [1.165, 1.54) is 0 Å². The molecule has 2 unspecified atom stereocenters. The average molecular weight is 325 g/mol. The molecule has 0 aliphatic carbocycles. The van der Waals surface area contributed by atoms with Gasteiger partial charge in [0.1, 0.15) is 0 Å². The highest BCUT2D eigenvalue weighted by molar-refractivity contribution is 9.10. The number of amides is 2. The van der Waals surface area contributed by atoms with Crippen LogP contribution in [0.25, 0.3) is 0 Å². The predicted octanol–water partition coefficient (Wildman–Crippen LogP) is 2.18. The van der Waals surface area contributed by atoms with Crippen molar-refractivity contribution in [1.82, 2.24) is 4.90 Å². The summed E-state index contributed by atoms with van der Waals surface area (Å²) in [4.78, 5) is 25.5. The minimum Gasteiger partial charge on any atom is -0.369 e. The van der Waals surface area contributed by atoms with Gasteiger partial charge < -0.3 is 10.6 Å². The summed E-state index contributed by atoms with van der Waals surface area (Å²) in [7, 11) is 0. The Morgan fingerprint density at radius 2 is 2.11 bits per heavy atom. The monoisotopic (exact) mass is 324 g/mol. The molecule has 1 aliphatic heterocycles. The van der Waals surface area contributed by atoms with Gasteiger partial charge in [0.2, 0.25) is 5.91 Å². The summed E-state index contributed by atoms with van der Waals surface area (Å²) in [5, 5.41) is 0. The third-order valence-corrected chi connectivity index (χ3v) is 4.11. The van der Waals surface area contributed by atoms with Crippen LogP contribution in [-0.4, -0.2) is 29.3 Å². The van der Waals surface area contributed by atoms with E-state index in [-0.39, 0.29) is 23.8 Å². The summed E-state index contributed by atoms with van der Waals surface area (Å²) in [6.07, 6.45) is 1.58. The molecule has 102 valence electrons. The van der Waals surface area contributed by atoms with Gasteiger partial charge in [0.25, 0.3) is 5.91 Å². The molecule has 4 nitrogen and oxygen atoms in total. The second-order valence-electron chi connectivity index (χ2n) is 4.99. The third-order valence-electron chi connectivity index (χ3n) is 3.62. The molecule has 1 heterocycles. The van der Waals surface area contributed by atoms with Gasteiger partial charge in [-0.25, -0.2) is 0 Å². The van der Waals surface area contributed by atoms with Gasteiger partial charge in [-0.05, 0) is 38.0 Å². The summed E-state index contributed by atoms with van der Waals surface area (Å²) in [6.45, 7) is 2.43. The Labute approximate surface area is 121 Å². The van der Waals surface area contributed by atoms with E-state index in [4.69, 9.17) is 5.73 Å². The molecule has 0 aromatic heterocycles. The van der Waals surface area contributed by atoms with Crippen LogP contribution in [0, 0.1) is 5.92 Å². The number of halogens is 1. The number of primary amides is 1. The Kier molecular flexibility index (Phi) is 4.24. The second-order valence-corrected chi connectivity index (χ2v) is 5.91. The van der Waals surface area contributed by atoms with E-state index in [0.717, 1.165) is 17.3 Å². The largest absolute Gasteiger partial charge is 0.369 e. The van der Waals surface area contributed by atoms with E-state index < -0.39 is 0 Å². The van der Waals surface area contributed by atoms with E-state index in [1.54, 1.807) is 17.0 Å². The van der Waals surface area contributed by atoms with Crippen LogP contribution < -0.4 is 5.73 Å². The van der Waals surface area contributed by atoms with Crippen molar-refractivity contribution in [3.63, 3.8) is 0 Å². The summed E-state index contributed by atoms with van der Waals surface area (Å²) in [5.74, 6) is -0.592. The molecular formula is C14H17BrN2O2. The maximum Gasteiger partial charge on any atom is 0.254 e. The first-order valence-corrected chi connectivity index (χ1v) is 7.14. The predicted molar refractivity (Wildman–Crippen MR) is 76.6 cm³/mol. The Morgan fingerprint density at radius 1 is 1.37 bits per heavy atom. The molecule has 19 heavy (non-hydrogen) atoms. The number of carbonyl (C=O) groups is 2. The fraction of sp³-hybridized carbons (Fsp3) is 0.429. The number of rotatable bonds is 2. The molecule has 2 rings (SSSR count). The van der Waals surface area contributed by atoms with Crippen molar-refractivity contribution in [2.24, 2.45) is 11.7 Å². The Bertz CT molecular complexity index is 504. The zero-order chi connectivity index (χ0) is 14.0. The van der Waals surface area contributed by atoms with Gasteiger partial charge in [-0.15, -0.1) is 0 Å². The number of nitrogens with two attached hydrogens (primary N) is 1. The minimum atomic E-state index is -0.320. The topological polar surface area (TPSA) is 63.4 Å². The molecule has 1 fully saturated rings. The maximum atomic E-state index is 12.5. The fourth-order valence-electron chi connectivity index (χ4n) is 2.41. The SMILES string of the molecule is CC1CCC(C(N)=O)CN1C(=O)c1cccc(Br)c1. The Hall–Kier alpha value is -1.36. The highest BCUT2D eigenvalue weighted by atomic mass is 79.9. The van der Waals surface area contributed by atoms with Crippen LogP contribution in [0.4, 0.5) is 0 Å². The number of hydrogen-bond acceptors (Lipinski definition) is 2. The van der Waals surface area contributed by atoms with Crippen molar-refractivity contribution in [3.8, 4) is 0 Å². The lowest BCUT2D eigenvalue weighted by atomic mass is 9.92. The summed E-state index contributed by atoms with van der Waals surface area (Å²) >= 11 is 3.36. The minimum absolute atomic E-state index is 0.0419. The van der Waals surface area contributed by atoms with Gasteiger partial charge in [0, 0.05) is 22.6 Å². The normalized spacial score (nSPS) is 23.2. The van der Waals surface area contributed by atoms with Gasteiger partial charge in [0.15, 0.2) is 0 Å². The van der Waals surface area contributed by atoms with Crippen LogP contribution >= 0.6 is 15.9 Å². The molecule has 1 aromatic carbocycles. The van der Waals surface area contributed by atoms with Crippen LogP contribution in [0.2, 0.25) is 0 Å². The standard InChI is InChI=1S/C14H17BrN2O2/c1-9-5-6-11(13(16)18)8-17(9)14(19)10-3-2-4-12(15)7-10/h2-4,7,9,11H,5-6,8H2,1H3,(H2,16,18). The molecule has 0 bridgehead atoms. The summed E-state index contributed by atoms with van der Waals surface area (Å²) < 4.78 is 0.870. The van der Waals surface area contributed by atoms with Crippen molar-refractivity contribution in [2.75, 3.05) is 6.54 Å². The second kappa shape index (κ2) is 5.74. The first-order valence-electron chi connectivity index (χ1n) is 6.35. The van der Waals surface area contributed by atoms with E-state index >= 15 is 0 Å². The van der Waals surface area contributed by atoms with E-state index in [1.807, 2.05) is 19.1 Å². The highest BCUT2D eigenvalue weighted by Gasteiger charge is 2.31. The summed E-state index contributed by atoms with van der Waals surface area (Å²) in [5.41, 5.74) is 5.98. The molecule has 2 amide bonds. The number of carbonyl (C=O) groups excluding carboxylic acids is 2. The zero-order valence-electron chi connectivity index (χ0n) is 10.8. The van der Waals surface area contributed by atoms with E-state index in [0.29, 0.717) is 12.1 Å². The molecule has 0 saturated carbocycles. The number of likely N-dealkylation sites (tertiary alicyclic amines) is 1. The number of benzene rings is 1. The molecule has 2 N–H and O–H groups in total. The highest BCUT2D eigenvalue weighted by Crippen LogP contribution is 2.24. The van der Waals surface area contributed by atoms with Gasteiger partial charge in [-0.3, -0.25) is 9.59 Å². The van der Waals surface area contributed by atoms with Crippen molar-refractivity contribution < 1.29 is 9.59 Å². The Balaban J connectivity index is 2.19. The molecule has 1 aliphatic rings. The van der Waals surface area contributed by atoms with Crippen molar-refractivity contribution in [3.05, 3.63) is 34.3 Å². The van der Waals surface area contributed by atoms with Crippen LogP contribution in [0.3, 0.4) is 0 Å². The van der Waals surface area contributed by atoms with Crippen LogP contribution in [0.1, 0.15) is 30.1 Å². The third kappa shape index (κ3) is 3.15. The van der Waals surface area contributed by atoms with Crippen LogP contribution in [-0.2, 0) is 4.79 Å². The molecule has 0 spiro atoms. The Morgan fingerprint density at radius 3 is 2.74 bits per heavy atom. The van der Waals surface area contributed by atoms with Crippen molar-refractivity contribution >= 4 is 27.7 Å². The molecule has 5 heteroatoms.